The van der Waals surface area contributed by atoms with E-state index in [9.17, 15) is 4.79 Å². The maximum atomic E-state index is 13.8. The van der Waals surface area contributed by atoms with Gasteiger partial charge in [0.2, 0.25) is 0 Å². The lowest BCUT2D eigenvalue weighted by Crippen LogP contribution is -2.76. The zero-order valence-electron chi connectivity index (χ0n) is 34.7. The Balaban J connectivity index is 1.29. The van der Waals surface area contributed by atoms with Crippen LogP contribution in [0.25, 0.3) is 0 Å². The Labute approximate surface area is 358 Å². The van der Waals surface area contributed by atoms with Crippen LogP contribution in [-0.2, 0) is 13.6 Å². The highest BCUT2D eigenvalue weighted by Crippen LogP contribution is 2.66. The van der Waals surface area contributed by atoms with Gasteiger partial charge in [-0.2, -0.15) is 0 Å². The molecule has 6 aromatic rings. The van der Waals surface area contributed by atoms with Crippen LogP contribution in [0.5, 0.6) is 0 Å². The van der Waals surface area contributed by atoms with Gasteiger partial charge in [-0.15, -0.1) is 0 Å². The second kappa shape index (κ2) is 16.2. The summed E-state index contributed by atoms with van der Waals surface area (Å²) < 4.78 is 17.3. The van der Waals surface area contributed by atoms with Gasteiger partial charge in [0.25, 0.3) is 16.6 Å². The summed E-state index contributed by atoms with van der Waals surface area (Å²) in [7, 11) is -6.78. The third-order valence-corrected chi connectivity index (χ3v) is 23.5. The fourth-order valence-electron chi connectivity index (χ4n) is 12.8. The molecule has 3 fully saturated rings. The molecule has 3 nitrogen and oxygen atoms in total. The van der Waals surface area contributed by atoms with Crippen molar-refractivity contribution in [2.45, 2.75) is 64.6 Å². The van der Waals surface area contributed by atoms with Gasteiger partial charge < -0.3 is 8.85 Å². The molecule has 10 rings (SSSR count). The van der Waals surface area contributed by atoms with Crippen molar-refractivity contribution < 1.29 is 13.6 Å². The molecule has 1 unspecified atom stereocenters. The Kier molecular flexibility index (Phi) is 10.6. The maximum Gasteiger partial charge on any atom is 0.290 e. The summed E-state index contributed by atoms with van der Waals surface area (Å²) in [6.07, 6.45) is 12.6. The van der Waals surface area contributed by atoms with E-state index in [4.69, 9.17) is 8.85 Å². The van der Waals surface area contributed by atoms with Crippen LogP contribution in [0.3, 0.4) is 0 Å². The van der Waals surface area contributed by atoms with Gasteiger partial charge in [-0.25, -0.2) is 0 Å². The third-order valence-electron chi connectivity index (χ3n) is 15.5. The standard InChI is InChI=1S/C55H56O3Si2/c1-54-38-20-33-51(54)50-35-34-42-41-43(56)36-40-55(42,52(50)37-39-54)53(57-59(44-21-8-2-9-22-44,45-23-10-3-11-24-45)46-25-12-4-13-26-46)58-60(47-27-14-5-15-28-47,48-29-16-6-17-30-48)49-31-18-7-19-32-49/h2-19,21-32,36,40,42,50-53H,20,33-35,37-39,41H2,1H3/t42?,50-,51-,52+,54-,55+/m0/s1. The minimum atomic E-state index is -3.39. The van der Waals surface area contributed by atoms with E-state index in [1.165, 1.54) is 63.2 Å². The van der Waals surface area contributed by atoms with Gasteiger partial charge >= 0.3 is 0 Å². The van der Waals surface area contributed by atoms with Gasteiger partial charge in [0, 0.05) is 11.8 Å². The molecule has 5 heteroatoms. The fourth-order valence-corrected chi connectivity index (χ4v) is 20.8. The Morgan fingerprint density at radius 2 is 0.900 bits per heavy atom. The minimum absolute atomic E-state index is 0.0926. The number of allylic oxidation sites excluding steroid dienone is 1. The molecule has 302 valence electrons. The lowest BCUT2D eigenvalue weighted by molar-refractivity contribution is -0.185. The average Bonchev–Trinajstić information content (AvgIpc) is 3.73. The van der Waals surface area contributed by atoms with E-state index in [0.717, 1.165) is 12.8 Å². The molecule has 0 saturated heterocycles. The number of carbonyl (C=O) groups is 1. The number of benzene rings is 6. The fraction of sp³-hybridized carbons (Fsp3) is 0.291. The van der Waals surface area contributed by atoms with Gasteiger partial charge in [-0.05, 0) is 105 Å². The molecule has 4 aliphatic rings. The van der Waals surface area contributed by atoms with Gasteiger partial charge in [0.15, 0.2) is 5.78 Å². The maximum absolute atomic E-state index is 13.8. The first-order chi connectivity index (χ1) is 29.5. The summed E-state index contributed by atoms with van der Waals surface area (Å²) in [6, 6.07) is 66.0. The molecule has 3 saturated carbocycles. The summed E-state index contributed by atoms with van der Waals surface area (Å²) in [4.78, 5) is 13.8. The first-order valence-corrected chi connectivity index (χ1v) is 26.2. The molecule has 4 aliphatic carbocycles. The molecule has 0 amide bonds. The molecule has 0 heterocycles. The Bertz CT molecular complexity index is 2090. The summed E-state index contributed by atoms with van der Waals surface area (Å²) in [5.74, 6) is 1.83. The van der Waals surface area contributed by atoms with Crippen molar-refractivity contribution in [2.75, 3.05) is 0 Å². The highest BCUT2D eigenvalue weighted by molar-refractivity contribution is 7.08. The highest BCUT2D eigenvalue weighted by Gasteiger charge is 2.65. The van der Waals surface area contributed by atoms with Crippen LogP contribution >= 0.6 is 0 Å². The van der Waals surface area contributed by atoms with Crippen molar-refractivity contribution in [3.63, 3.8) is 0 Å². The van der Waals surface area contributed by atoms with E-state index in [2.05, 4.69) is 195 Å². The molecule has 0 radical (unpaired) electrons. The predicted octanol–water partition coefficient (Wildman–Crippen LogP) is 8.44. The van der Waals surface area contributed by atoms with Gasteiger partial charge in [-0.1, -0.05) is 201 Å². The molecule has 0 aromatic heterocycles. The zero-order chi connectivity index (χ0) is 40.6. The first-order valence-electron chi connectivity index (χ1n) is 22.4. The van der Waals surface area contributed by atoms with Gasteiger partial charge in [0.05, 0.1) is 0 Å². The van der Waals surface area contributed by atoms with E-state index < -0.39 is 28.3 Å². The topological polar surface area (TPSA) is 35.5 Å². The van der Waals surface area contributed by atoms with E-state index >= 15 is 0 Å². The van der Waals surface area contributed by atoms with Crippen LogP contribution < -0.4 is 31.1 Å². The second-order valence-corrected chi connectivity index (χ2v) is 25.0. The Hall–Kier alpha value is -4.92. The number of rotatable bonds is 11. The van der Waals surface area contributed by atoms with E-state index in [1.54, 1.807) is 0 Å². The second-order valence-electron chi connectivity index (χ2n) is 18.4. The molecule has 60 heavy (non-hydrogen) atoms. The van der Waals surface area contributed by atoms with Crippen LogP contribution in [0.1, 0.15) is 58.3 Å². The first kappa shape index (κ1) is 39.2. The van der Waals surface area contributed by atoms with Crippen molar-refractivity contribution in [1.29, 1.82) is 0 Å². The summed E-state index contributed by atoms with van der Waals surface area (Å²) in [5, 5.41) is 7.11. The normalized spacial score (nSPS) is 26.3. The van der Waals surface area contributed by atoms with Crippen molar-refractivity contribution in [3.05, 3.63) is 194 Å². The summed E-state index contributed by atoms with van der Waals surface area (Å²) in [5.41, 5.74) is -0.179. The minimum Gasteiger partial charge on any atom is -0.378 e. The Morgan fingerprint density at radius 3 is 1.30 bits per heavy atom. The Morgan fingerprint density at radius 1 is 0.500 bits per heavy atom. The number of ketones is 1. The van der Waals surface area contributed by atoms with Crippen LogP contribution in [-0.4, -0.2) is 28.7 Å². The molecular weight excluding hydrogens is 765 g/mol. The number of hydrogen-bond donors (Lipinski definition) is 0. The van der Waals surface area contributed by atoms with Crippen molar-refractivity contribution in [3.8, 4) is 0 Å². The number of fused-ring (bicyclic) bond motifs is 5. The molecule has 0 bridgehead atoms. The summed E-state index contributed by atoms with van der Waals surface area (Å²) >= 11 is 0. The number of hydrogen-bond acceptors (Lipinski definition) is 3. The molecule has 0 aliphatic heterocycles. The largest absolute Gasteiger partial charge is 0.378 e. The van der Waals surface area contributed by atoms with Crippen LogP contribution in [0, 0.1) is 34.5 Å². The van der Waals surface area contributed by atoms with Gasteiger partial charge in [0.1, 0.15) is 6.29 Å². The highest BCUT2D eigenvalue weighted by atomic mass is 28.4. The van der Waals surface area contributed by atoms with Crippen LogP contribution in [0.15, 0.2) is 194 Å². The lowest BCUT2D eigenvalue weighted by Gasteiger charge is -2.62. The summed E-state index contributed by atoms with van der Waals surface area (Å²) in [6.45, 7) is 2.58. The third kappa shape index (κ3) is 6.48. The monoisotopic (exact) mass is 820 g/mol. The number of carbonyl (C=O) groups excluding carboxylic acids is 1. The zero-order valence-corrected chi connectivity index (χ0v) is 36.7. The SMILES string of the molecule is C[C@@]12CCC[C@H]1[C@@H]1CCC3CC(=O)C=C[C@]3(C(O[Si](c3ccccc3)(c3ccccc3)c3ccccc3)O[Si](c3ccccc3)(c3ccccc3)c3ccccc3)[C@@H]1CC2. The quantitative estimate of drug-likeness (QED) is 0.0749. The average molecular weight is 821 g/mol. The van der Waals surface area contributed by atoms with Crippen LogP contribution in [0.2, 0.25) is 0 Å². The molecule has 6 atom stereocenters. The molecule has 0 spiro atoms. The van der Waals surface area contributed by atoms with Crippen molar-refractivity contribution in [2.24, 2.45) is 34.5 Å². The molecule has 6 aromatic carbocycles. The predicted molar refractivity (Wildman–Crippen MR) is 250 cm³/mol. The molecule has 0 N–H and O–H groups in total. The smallest absolute Gasteiger partial charge is 0.290 e. The van der Waals surface area contributed by atoms with E-state index in [0.29, 0.717) is 29.6 Å². The van der Waals surface area contributed by atoms with Crippen molar-refractivity contribution >= 4 is 53.5 Å². The molecular formula is C55H56O3Si2. The lowest BCUT2D eigenvalue weighted by atomic mass is 9.46. The van der Waals surface area contributed by atoms with E-state index in [-0.39, 0.29) is 11.7 Å². The van der Waals surface area contributed by atoms with Crippen LogP contribution in [0.4, 0.5) is 0 Å². The van der Waals surface area contributed by atoms with E-state index in [1.807, 2.05) is 6.08 Å². The van der Waals surface area contributed by atoms with Gasteiger partial charge in [-0.3, -0.25) is 4.79 Å². The van der Waals surface area contributed by atoms with Crippen molar-refractivity contribution in [1.82, 2.24) is 0 Å².